The molecule has 0 atom stereocenters. The molecule has 10 heteroatoms. The molecule has 2 saturated heterocycles. The van der Waals surface area contributed by atoms with Crippen LogP contribution in [0.25, 0.3) is 39.5 Å². The Balaban J connectivity index is 1.24. The molecular formula is C29H24FN9. The van der Waals surface area contributed by atoms with E-state index in [9.17, 15) is 4.39 Å². The van der Waals surface area contributed by atoms with Crippen molar-refractivity contribution in [1.82, 2.24) is 34.3 Å². The average Bonchev–Trinajstić information content (AvgIpc) is 3.29. The second-order valence-electron chi connectivity index (χ2n) is 10.4. The standard InChI is InChI=1S/C29H24FN9/c30-21-5-8-24(34-12-21)20-10-25-27(35-11-20)36-28(23-2-1-9-33-26(23)32)39(25)22-6-3-19(4-7-22)13-37-14-29(15-37)16-38(17-29)18-31/h1-12H,13-17H2,(H2,32,33). The van der Waals surface area contributed by atoms with Crippen LogP contribution in [-0.4, -0.2) is 60.5 Å². The molecule has 5 aromatic rings. The number of aromatic nitrogens is 5. The van der Waals surface area contributed by atoms with E-state index in [-0.39, 0.29) is 0 Å². The van der Waals surface area contributed by atoms with Crippen molar-refractivity contribution in [2.24, 2.45) is 5.41 Å². The molecule has 2 fully saturated rings. The maximum absolute atomic E-state index is 13.5. The van der Waals surface area contributed by atoms with Crippen LogP contribution < -0.4 is 5.73 Å². The maximum atomic E-state index is 13.5. The van der Waals surface area contributed by atoms with Crippen LogP contribution in [0.2, 0.25) is 0 Å². The lowest BCUT2D eigenvalue weighted by Gasteiger charge is -2.58. The zero-order chi connectivity index (χ0) is 26.6. The molecule has 39 heavy (non-hydrogen) atoms. The second kappa shape index (κ2) is 8.85. The van der Waals surface area contributed by atoms with Crippen molar-refractivity contribution >= 4 is 17.0 Å². The SMILES string of the molecule is N#CN1CC2(C1)CN(Cc1ccc(-n3c(-c4cccnc4N)nc4ncc(-c5ccc(F)cn5)cc43)cc1)C2. The number of rotatable bonds is 5. The summed E-state index contributed by atoms with van der Waals surface area (Å²) in [6.07, 6.45) is 6.77. The fraction of sp³-hybridized carbons (Fsp3) is 0.207. The van der Waals surface area contributed by atoms with Crippen molar-refractivity contribution in [2.75, 3.05) is 31.9 Å². The molecule has 1 spiro atoms. The molecule has 4 aromatic heterocycles. The number of hydrogen-bond acceptors (Lipinski definition) is 8. The molecule has 6 heterocycles. The Morgan fingerprint density at radius 1 is 0.974 bits per heavy atom. The van der Waals surface area contributed by atoms with Crippen molar-refractivity contribution in [3.05, 3.63) is 84.6 Å². The number of benzene rings is 1. The third kappa shape index (κ3) is 4.04. The van der Waals surface area contributed by atoms with E-state index < -0.39 is 5.82 Å². The number of pyridine rings is 3. The van der Waals surface area contributed by atoms with Crippen LogP contribution in [0.15, 0.2) is 73.2 Å². The lowest BCUT2D eigenvalue weighted by Crippen LogP contribution is -2.70. The van der Waals surface area contributed by atoms with Crippen molar-refractivity contribution in [3.63, 3.8) is 0 Å². The summed E-state index contributed by atoms with van der Waals surface area (Å²) >= 11 is 0. The Labute approximate surface area is 224 Å². The molecule has 2 aliphatic rings. The van der Waals surface area contributed by atoms with Crippen LogP contribution >= 0.6 is 0 Å². The first-order valence-corrected chi connectivity index (χ1v) is 12.7. The van der Waals surface area contributed by atoms with Crippen molar-refractivity contribution in [1.29, 1.82) is 5.26 Å². The molecule has 7 rings (SSSR count). The monoisotopic (exact) mass is 517 g/mol. The summed E-state index contributed by atoms with van der Waals surface area (Å²) in [6.45, 7) is 4.65. The van der Waals surface area contributed by atoms with E-state index in [0.29, 0.717) is 34.0 Å². The number of nitrogens with zero attached hydrogens (tertiary/aromatic N) is 8. The van der Waals surface area contributed by atoms with Crippen LogP contribution in [0.5, 0.6) is 0 Å². The number of nitriles is 1. The predicted molar refractivity (Wildman–Crippen MR) is 145 cm³/mol. The van der Waals surface area contributed by atoms with Gasteiger partial charge in [-0.25, -0.2) is 19.3 Å². The molecule has 2 aliphatic heterocycles. The minimum atomic E-state index is -0.391. The summed E-state index contributed by atoms with van der Waals surface area (Å²) in [5.41, 5.74) is 12.1. The summed E-state index contributed by atoms with van der Waals surface area (Å²) in [5.74, 6) is 0.623. The molecular weight excluding hydrogens is 493 g/mol. The Morgan fingerprint density at radius 2 is 1.79 bits per heavy atom. The van der Waals surface area contributed by atoms with Gasteiger partial charge in [-0.3, -0.25) is 14.5 Å². The number of nitrogen functional groups attached to an aromatic ring is 1. The van der Waals surface area contributed by atoms with E-state index >= 15 is 0 Å². The second-order valence-corrected chi connectivity index (χ2v) is 10.4. The first kappa shape index (κ1) is 23.3. The largest absolute Gasteiger partial charge is 0.383 e. The van der Waals surface area contributed by atoms with Crippen LogP contribution in [0, 0.1) is 22.7 Å². The van der Waals surface area contributed by atoms with Gasteiger partial charge in [-0.2, -0.15) is 5.26 Å². The first-order valence-electron chi connectivity index (χ1n) is 12.7. The van der Waals surface area contributed by atoms with E-state index in [1.165, 1.54) is 17.8 Å². The quantitative estimate of drug-likeness (QED) is 0.350. The Morgan fingerprint density at radius 3 is 2.51 bits per heavy atom. The highest BCUT2D eigenvalue weighted by molar-refractivity contribution is 5.85. The summed E-state index contributed by atoms with van der Waals surface area (Å²) in [7, 11) is 0. The van der Waals surface area contributed by atoms with Crippen molar-refractivity contribution < 1.29 is 4.39 Å². The molecule has 9 nitrogen and oxygen atoms in total. The van der Waals surface area contributed by atoms with Crippen LogP contribution in [0.4, 0.5) is 10.2 Å². The molecule has 0 bridgehead atoms. The normalized spacial score (nSPS) is 16.2. The van der Waals surface area contributed by atoms with Gasteiger partial charge in [0.05, 0.1) is 23.0 Å². The van der Waals surface area contributed by atoms with Crippen molar-refractivity contribution in [2.45, 2.75) is 6.54 Å². The summed E-state index contributed by atoms with van der Waals surface area (Å²) in [6, 6.07) is 17.1. The zero-order valence-electron chi connectivity index (χ0n) is 21.0. The van der Waals surface area contributed by atoms with Gasteiger partial charge in [0, 0.05) is 61.8 Å². The molecule has 0 saturated carbocycles. The van der Waals surface area contributed by atoms with Gasteiger partial charge in [-0.1, -0.05) is 12.1 Å². The fourth-order valence-electron chi connectivity index (χ4n) is 5.75. The van der Waals surface area contributed by atoms with Gasteiger partial charge in [0.15, 0.2) is 17.7 Å². The van der Waals surface area contributed by atoms with Crippen LogP contribution in [-0.2, 0) is 6.54 Å². The van der Waals surface area contributed by atoms with E-state index in [2.05, 4.69) is 50.3 Å². The van der Waals surface area contributed by atoms with E-state index in [1.807, 2.05) is 27.7 Å². The number of nitrogens with two attached hydrogens (primary N) is 1. The minimum Gasteiger partial charge on any atom is -0.383 e. The summed E-state index contributed by atoms with van der Waals surface area (Å²) in [5, 5.41) is 9.02. The van der Waals surface area contributed by atoms with Crippen LogP contribution in [0.3, 0.4) is 0 Å². The molecule has 1 aromatic carbocycles. The molecule has 0 amide bonds. The Hall–Kier alpha value is -4.88. The number of likely N-dealkylation sites (tertiary alicyclic amines) is 2. The minimum absolute atomic E-state index is 0.300. The molecule has 0 unspecified atom stereocenters. The van der Waals surface area contributed by atoms with Gasteiger partial charge in [0.1, 0.15) is 11.6 Å². The average molecular weight is 518 g/mol. The van der Waals surface area contributed by atoms with Crippen LogP contribution in [0.1, 0.15) is 5.56 Å². The predicted octanol–water partition coefficient (Wildman–Crippen LogP) is 3.86. The Kier molecular flexibility index (Phi) is 5.28. The van der Waals surface area contributed by atoms with E-state index in [1.54, 1.807) is 18.5 Å². The van der Waals surface area contributed by atoms with Crippen molar-refractivity contribution in [3.8, 4) is 34.5 Å². The lowest BCUT2D eigenvalue weighted by molar-refractivity contribution is -0.0957. The number of halogens is 1. The molecule has 192 valence electrons. The first-order chi connectivity index (χ1) is 19.0. The molecule has 2 N–H and O–H groups in total. The van der Waals surface area contributed by atoms with Gasteiger partial charge in [-0.05, 0) is 48.0 Å². The third-order valence-corrected chi connectivity index (χ3v) is 7.53. The Bertz CT molecular complexity index is 1720. The number of fused-ring (bicyclic) bond motifs is 1. The smallest absolute Gasteiger partial charge is 0.179 e. The highest BCUT2D eigenvalue weighted by Crippen LogP contribution is 2.40. The highest BCUT2D eigenvalue weighted by atomic mass is 19.1. The molecule has 0 radical (unpaired) electrons. The van der Waals surface area contributed by atoms with Gasteiger partial charge < -0.3 is 10.6 Å². The van der Waals surface area contributed by atoms with E-state index in [0.717, 1.165) is 49.5 Å². The lowest BCUT2D eigenvalue weighted by atomic mass is 9.73. The van der Waals surface area contributed by atoms with E-state index in [4.69, 9.17) is 16.0 Å². The topological polar surface area (TPSA) is 113 Å². The van der Waals surface area contributed by atoms with Gasteiger partial charge in [0.2, 0.25) is 0 Å². The maximum Gasteiger partial charge on any atom is 0.179 e. The highest BCUT2D eigenvalue weighted by Gasteiger charge is 2.51. The fourth-order valence-corrected chi connectivity index (χ4v) is 5.75. The van der Waals surface area contributed by atoms with Gasteiger partial charge in [-0.15, -0.1) is 0 Å². The molecule has 0 aliphatic carbocycles. The van der Waals surface area contributed by atoms with Gasteiger partial charge >= 0.3 is 0 Å². The number of anilines is 1. The zero-order valence-corrected chi connectivity index (χ0v) is 21.0. The summed E-state index contributed by atoms with van der Waals surface area (Å²) in [4.78, 5) is 22.1. The number of imidazole rings is 1. The number of hydrogen-bond donors (Lipinski definition) is 1. The third-order valence-electron chi connectivity index (χ3n) is 7.53. The van der Waals surface area contributed by atoms with Gasteiger partial charge in [0.25, 0.3) is 0 Å². The summed E-state index contributed by atoms with van der Waals surface area (Å²) < 4.78 is 15.5.